The van der Waals surface area contributed by atoms with E-state index in [0.717, 1.165) is 60.4 Å². The van der Waals surface area contributed by atoms with Crippen LogP contribution in [0.4, 0.5) is 17.5 Å². The number of methoxy groups -OCH3 is 1. The van der Waals surface area contributed by atoms with E-state index < -0.39 is 0 Å². The third kappa shape index (κ3) is 4.02. The normalized spacial score (nSPS) is 13.8. The largest absolute Gasteiger partial charge is 0.494 e. The summed E-state index contributed by atoms with van der Waals surface area (Å²) in [6, 6.07) is 7.80. The number of aromatic nitrogens is 4. The number of fused-ring (bicyclic) bond motifs is 1. The first-order chi connectivity index (χ1) is 14.1. The molecule has 2 N–H and O–H groups in total. The lowest BCUT2D eigenvalue weighted by molar-refractivity contribution is 0.267. The second kappa shape index (κ2) is 8.08. The van der Waals surface area contributed by atoms with Crippen LogP contribution in [0.25, 0.3) is 5.69 Å². The predicted octanol–water partition coefficient (Wildman–Crippen LogP) is 3.14. The molecule has 0 saturated heterocycles. The summed E-state index contributed by atoms with van der Waals surface area (Å²) in [5, 5.41) is 11.2. The average Bonchev–Trinajstić information content (AvgIpc) is 3.16. The Morgan fingerprint density at radius 1 is 1.21 bits per heavy atom. The van der Waals surface area contributed by atoms with Gasteiger partial charge in [-0.3, -0.25) is 4.90 Å². The molecule has 1 aliphatic rings. The van der Waals surface area contributed by atoms with Gasteiger partial charge in [0.2, 0.25) is 5.95 Å². The van der Waals surface area contributed by atoms with Crippen molar-refractivity contribution in [1.29, 1.82) is 0 Å². The smallest absolute Gasteiger partial charge is 0.229 e. The van der Waals surface area contributed by atoms with Crippen LogP contribution < -0.4 is 15.4 Å². The van der Waals surface area contributed by atoms with E-state index in [4.69, 9.17) is 9.84 Å². The predicted molar refractivity (Wildman–Crippen MR) is 114 cm³/mol. The number of rotatable bonds is 6. The zero-order chi connectivity index (χ0) is 20.4. The summed E-state index contributed by atoms with van der Waals surface area (Å²) >= 11 is 0. The first kappa shape index (κ1) is 19.2. The maximum Gasteiger partial charge on any atom is 0.229 e. The summed E-state index contributed by atoms with van der Waals surface area (Å²) in [4.78, 5) is 11.4. The Morgan fingerprint density at radius 2 is 2.07 bits per heavy atom. The maximum atomic E-state index is 5.59. The van der Waals surface area contributed by atoms with Crippen molar-refractivity contribution >= 4 is 17.5 Å². The van der Waals surface area contributed by atoms with Crippen molar-refractivity contribution in [2.75, 3.05) is 37.9 Å². The van der Waals surface area contributed by atoms with Crippen molar-refractivity contribution in [2.24, 2.45) is 0 Å². The van der Waals surface area contributed by atoms with Gasteiger partial charge in [0, 0.05) is 55.8 Å². The zero-order valence-electron chi connectivity index (χ0n) is 17.4. The molecule has 8 nitrogen and oxygen atoms in total. The summed E-state index contributed by atoms with van der Waals surface area (Å²) in [6.07, 6.45) is 3.08. The summed E-state index contributed by atoms with van der Waals surface area (Å²) < 4.78 is 7.52. The Morgan fingerprint density at radius 3 is 2.83 bits per heavy atom. The molecule has 0 aliphatic carbocycles. The van der Waals surface area contributed by atoms with Gasteiger partial charge in [0.25, 0.3) is 0 Å². The minimum Gasteiger partial charge on any atom is -0.494 e. The average molecular weight is 393 g/mol. The highest BCUT2D eigenvalue weighted by atomic mass is 16.5. The molecule has 0 atom stereocenters. The van der Waals surface area contributed by atoms with Gasteiger partial charge in [-0.2, -0.15) is 10.1 Å². The Labute approximate surface area is 170 Å². The molecule has 29 heavy (non-hydrogen) atoms. The number of likely N-dealkylation sites (N-methyl/N-ethyl adjacent to an activating group) is 1. The van der Waals surface area contributed by atoms with E-state index in [1.165, 1.54) is 5.56 Å². The second-order valence-electron chi connectivity index (χ2n) is 7.14. The quantitative estimate of drug-likeness (QED) is 0.666. The molecule has 0 fully saturated rings. The fourth-order valence-corrected chi connectivity index (χ4v) is 3.59. The highest BCUT2D eigenvalue weighted by molar-refractivity contribution is 5.63. The van der Waals surface area contributed by atoms with Crippen LogP contribution in [0.1, 0.15) is 23.9 Å². The molecule has 152 valence electrons. The molecule has 1 aromatic carbocycles. The molecule has 0 saturated carbocycles. The number of nitrogens with zero attached hydrogens (tertiary/aromatic N) is 5. The van der Waals surface area contributed by atoms with Gasteiger partial charge in [-0.1, -0.05) is 6.92 Å². The van der Waals surface area contributed by atoms with E-state index >= 15 is 0 Å². The Hall–Kier alpha value is -3.13. The Kier molecular flexibility index (Phi) is 5.35. The summed E-state index contributed by atoms with van der Waals surface area (Å²) in [5.74, 6) is 2.08. The number of hydrogen-bond donors (Lipinski definition) is 2. The van der Waals surface area contributed by atoms with E-state index in [9.17, 15) is 0 Å². The van der Waals surface area contributed by atoms with E-state index in [-0.39, 0.29) is 0 Å². The van der Waals surface area contributed by atoms with Gasteiger partial charge in [0.05, 0.1) is 12.8 Å². The zero-order valence-corrected chi connectivity index (χ0v) is 17.4. The topological polar surface area (TPSA) is 80.1 Å². The van der Waals surface area contributed by atoms with Gasteiger partial charge in [0.15, 0.2) is 0 Å². The third-order valence-electron chi connectivity index (χ3n) is 5.18. The van der Waals surface area contributed by atoms with Crippen LogP contribution in [0.15, 0.2) is 30.5 Å². The van der Waals surface area contributed by atoms with Crippen molar-refractivity contribution in [2.45, 2.75) is 26.8 Å². The molecule has 8 heteroatoms. The Balaban J connectivity index is 1.66. The summed E-state index contributed by atoms with van der Waals surface area (Å²) in [5.41, 5.74) is 5.09. The monoisotopic (exact) mass is 393 g/mol. The lowest BCUT2D eigenvalue weighted by Crippen LogP contribution is -2.29. The fourth-order valence-electron chi connectivity index (χ4n) is 3.59. The van der Waals surface area contributed by atoms with Gasteiger partial charge in [-0.25, -0.2) is 9.67 Å². The molecule has 0 amide bonds. The number of hydrogen-bond acceptors (Lipinski definition) is 7. The SMILES string of the molecule is CCN1CCc2nn(-c3cc(Nc4nc(C)cc(NC)n4)ccc3OC)cc2C1. The molecule has 0 unspecified atom stereocenters. The standard InChI is InChI=1S/C21H27N7O/c1-5-27-9-8-17-15(12-27)13-28(26-17)18-11-16(6-7-19(18)29-4)24-21-23-14(2)10-20(22-3)25-21/h6-7,10-11,13H,5,8-9,12H2,1-4H3,(H2,22,23,24,25). The lowest BCUT2D eigenvalue weighted by Gasteiger charge is -2.23. The van der Waals surface area contributed by atoms with E-state index in [1.54, 1.807) is 7.11 Å². The first-order valence-corrected chi connectivity index (χ1v) is 9.88. The van der Waals surface area contributed by atoms with Crippen molar-refractivity contribution in [3.05, 3.63) is 47.4 Å². The number of benzene rings is 1. The van der Waals surface area contributed by atoms with Crippen molar-refractivity contribution in [3.63, 3.8) is 0 Å². The summed E-state index contributed by atoms with van der Waals surface area (Å²) in [7, 11) is 3.52. The minimum atomic E-state index is 0.545. The number of nitrogens with one attached hydrogen (secondary N) is 2. The molecule has 0 bridgehead atoms. The van der Waals surface area contributed by atoms with Gasteiger partial charge in [-0.15, -0.1) is 0 Å². The lowest BCUT2D eigenvalue weighted by atomic mass is 10.1. The van der Waals surface area contributed by atoms with Crippen LogP contribution in [0.2, 0.25) is 0 Å². The van der Waals surface area contributed by atoms with Crippen molar-refractivity contribution in [3.8, 4) is 11.4 Å². The van der Waals surface area contributed by atoms with E-state index in [0.29, 0.717) is 5.95 Å². The van der Waals surface area contributed by atoms with Crippen molar-refractivity contribution in [1.82, 2.24) is 24.6 Å². The molecule has 2 aromatic heterocycles. The number of aryl methyl sites for hydroxylation is 1. The molecule has 3 aromatic rings. The highest BCUT2D eigenvalue weighted by Gasteiger charge is 2.20. The molecule has 0 radical (unpaired) electrons. The minimum absolute atomic E-state index is 0.545. The van der Waals surface area contributed by atoms with Crippen LogP contribution in [0.5, 0.6) is 5.75 Å². The third-order valence-corrected chi connectivity index (χ3v) is 5.18. The molecule has 4 rings (SSSR count). The summed E-state index contributed by atoms with van der Waals surface area (Å²) in [6.45, 7) is 7.19. The Bertz CT molecular complexity index is 1010. The second-order valence-corrected chi connectivity index (χ2v) is 7.14. The van der Waals surface area contributed by atoms with Gasteiger partial charge in [-0.05, 0) is 31.7 Å². The van der Waals surface area contributed by atoms with E-state index in [2.05, 4.69) is 38.6 Å². The molecule has 3 heterocycles. The molecule has 0 spiro atoms. The van der Waals surface area contributed by atoms with Crippen LogP contribution in [0.3, 0.4) is 0 Å². The van der Waals surface area contributed by atoms with E-state index in [1.807, 2.05) is 42.9 Å². The van der Waals surface area contributed by atoms with Crippen LogP contribution in [0, 0.1) is 6.92 Å². The molecule has 1 aliphatic heterocycles. The number of anilines is 3. The maximum absolute atomic E-state index is 5.59. The van der Waals surface area contributed by atoms with Crippen LogP contribution in [-0.2, 0) is 13.0 Å². The van der Waals surface area contributed by atoms with Crippen LogP contribution >= 0.6 is 0 Å². The first-order valence-electron chi connectivity index (χ1n) is 9.88. The number of ether oxygens (including phenoxy) is 1. The fraction of sp³-hybridized carbons (Fsp3) is 0.381. The van der Waals surface area contributed by atoms with Gasteiger partial charge in [0.1, 0.15) is 17.3 Å². The van der Waals surface area contributed by atoms with Gasteiger partial charge >= 0.3 is 0 Å². The van der Waals surface area contributed by atoms with Crippen LogP contribution in [-0.4, -0.2) is 51.9 Å². The van der Waals surface area contributed by atoms with Crippen molar-refractivity contribution < 1.29 is 4.74 Å². The molecular formula is C21H27N7O. The highest BCUT2D eigenvalue weighted by Crippen LogP contribution is 2.29. The molecular weight excluding hydrogens is 366 g/mol. The van der Waals surface area contributed by atoms with Gasteiger partial charge < -0.3 is 15.4 Å².